The Kier molecular flexibility index (Phi) is 5.60. The predicted molar refractivity (Wildman–Crippen MR) is 97.3 cm³/mol. The lowest BCUT2D eigenvalue weighted by molar-refractivity contribution is -0.119. The molecule has 3 rings (SSSR count). The number of amides is 1. The number of carbonyl (C=O) groups excluding carboxylic acids is 1. The molecule has 1 fully saturated rings. The Morgan fingerprint density at radius 3 is 2.56 bits per heavy atom. The van der Waals surface area contributed by atoms with Gasteiger partial charge in [0.05, 0.1) is 12.6 Å². The van der Waals surface area contributed by atoms with Crippen LogP contribution >= 0.6 is 0 Å². The highest BCUT2D eigenvalue weighted by atomic mass is 16.5. The van der Waals surface area contributed by atoms with Crippen molar-refractivity contribution in [2.75, 3.05) is 18.5 Å². The Balaban J connectivity index is 1.60. The minimum atomic E-state index is -0.000801. The van der Waals surface area contributed by atoms with Crippen LogP contribution in [0.15, 0.2) is 36.7 Å². The monoisotopic (exact) mass is 340 g/mol. The van der Waals surface area contributed by atoms with Crippen molar-refractivity contribution in [3.8, 4) is 11.1 Å². The van der Waals surface area contributed by atoms with Crippen molar-refractivity contribution in [2.45, 2.75) is 38.8 Å². The van der Waals surface area contributed by atoms with Crippen molar-refractivity contribution in [3.05, 3.63) is 42.2 Å². The van der Waals surface area contributed by atoms with Crippen molar-refractivity contribution in [2.24, 2.45) is 0 Å². The molecular weight excluding hydrogens is 316 g/mol. The average molecular weight is 340 g/mol. The van der Waals surface area contributed by atoms with E-state index in [9.17, 15) is 4.79 Å². The van der Waals surface area contributed by atoms with Crippen LogP contribution in [0.2, 0.25) is 0 Å². The van der Waals surface area contributed by atoms with E-state index in [0.717, 1.165) is 30.6 Å². The molecule has 1 aromatic carbocycles. The molecule has 132 valence electrons. The Labute approximate surface area is 148 Å². The average Bonchev–Trinajstić information content (AvgIpc) is 3.08. The molecule has 0 aliphatic carbocycles. The number of benzene rings is 1. The fraction of sp³-hybridized carbons (Fsp3) is 0.421. The van der Waals surface area contributed by atoms with E-state index < -0.39 is 0 Å². The van der Waals surface area contributed by atoms with Crippen molar-refractivity contribution >= 4 is 11.9 Å². The second kappa shape index (κ2) is 8.07. The summed E-state index contributed by atoms with van der Waals surface area (Å²) in [5, 5.41) is 6.18. The van der Waals surface area contributed by atoms with Gasteiger partial charge in [0.1, 0.15) is 0 Å². The zero-order chi connectivity index (χ0) is 17.6. The van der Waals surface area contributed by atoms with Gasteiger partial charge in [0.15, 0.2) is 0 Å². The fourth-order valence-electron chi connectivity index (χ4n) is 2.97. The smallest absolute Gasteiger partial charge is 0.222 e. The highest BCUT2D eigenvalue weighted by molar-refractivity contribution is 5.73. The SMILES string of the molecule is CC(=O)NC(C)Cc1ccc(-c2cnc(NC3CCOC3)nc2)cc1. The summed E-state index contributed by atoms with van der Waals surface area (Å²) in [4.78, 5) is 19.9. The molecule has 1 amide bonds. The van der Waals surface area contributed by atoms with Crippen LogP contribution in [0.25, 0.3) is 11.1 Å². The van der Waals surface area contributed by atoms with Gasteiger partial charge in [-0.15, -0.1) is 0 Å². The molecular formula is C19H24N4O2. The largest absolute Gasteiger partial charge is 0.379 e. The topological polar surface area (TPSA) is 76.1 Å². The van der Waals surface area contributed by atoms with Crippen molar-refractivity contribution in [1.82, 2.24) is 15.3 Å². The van der Waals surface area contributed by atoms with Crippen LogP contribution in [0.3, 0.4) is 0 Å². The number of nitrogens with zero attached hydrogens (tertiary/aromatic N) is 2. The van der Waals surface area contributed by atoms with Crippen LogP contribution in [-0.2, 0) is 16.0 Å². The standard InChI is InChI=1S/C19H24N4O2/c1-13(22-14(2)24)9-15-3-5-16(6-4-15)17-10-20-19(21-11-17)23-18-7-8-25-12-18/h3-6,10-11,13,18H,7-9,12H2,1-2H3,(H,22,24)(H,20,21,23). The second-order valence-electron chi connectivity index (χ2n) is 6.50. The molecule has 1 aliphatic rings. The lowest BCUT2D eigenvalue weighted by Crippen LogP contribution is -2.31. The Hall–Kier alpha value is -2.47. The summed E-state index contributed by atoms with van der Waals surface area (Å²) in [7, 11) is 0. The molecule has 2 unspecified atom stereocenters. The van der Waals surface area contributed by atoms with E-state index in [2.05, 4.69) is 44.9 Å². The molecule has 6 nitrogen and oxygen atoms in total. The van der Waals surface area contributed by atoms with E-state index in [1.54, 1.807) is 0 Å². The Morgan fingerprint density at radius 2 is 1.96 bits per heavy atom. The van der Waals surface area contributed by atoms with Gasteiger partial charge in [-0.25, -0.2) is 9.97 Å². The normalized spacial score (nSPS) is 17.9. The van der Waals surface area contributed by atoms with Gasteiger partial charge < -0.3 is 15.4 Å². The highest BCUT2D eigenvalue weighted by Gasteiger charge is 2.16. The molecule has 2 atom stereocenters. The number of rotatable bonds is 6. The van der Waals surface area contributed by atoms with E-state index in [0.29, 0.717) is 18.6 Å². The zero-order valence-electron chi connectivity index (χ0n) is 14.7. The van der Waals surface area contributed by atoms with Crippen LogP contribution in [-0.4, -0.2) is 41.2 Å². The first-order valence-electron chi connectivity index (χ1n) is 8.63. The fourth-order valence-corrected chi connectivity index (χ4v) is 2.97. The molecule has 25 heavy (non-hydrogen) atoms. The van der Waals surface area contributed by atoms with Gasteiger partial charge in [-0.05, 0) is 30.9 Å². The third kappa shape index (κ3) is 5.00. The number of nitrogens with one attached hydrogen (secondary N) is 2. The maximum Gasteiger partial charge on any atom is 0.222 e. The van der Waals surface area contributed by atoms with Crippen LogP contribution in [0.5, 0.6) is 0 Å². The molecule has 0 bridgehead atoms. The van der Waals surface area contributed by atoms with Gasteiger partial charge in [-0.2, -0.15) is 0 Å². The lowest BCUT2D eigenvalue weighted by Gasteiger charge is -2.13. The van der Waals surface area contributed by atoms with E-state index >= 15 is 0 Å². The van der Waals surface area contributed by atoms with Gasteiger partial charge >= 0.3 is 0 Å². The first-order valence-corrected chi connectivity index (χ1v) is 8.63. The number of anilines is 1. The Bertz CT molecular complexity index is 694. The van der Waals surface area contributed by atoms with Crippen LogP contribution in [0.1, 0.15) is 25.8 Å². The summed E-state index contributed by atoms with van der Waals surface area (Å²) in [6.45, 7) is 5.05. The molecule has 0 radical (unpaired) electrons. The number of aromatic nitrogens is 2. The molecule has 1 saturated heterocycles. The maximum atomic E-state index is 11.1. The lowest BCUT2D eigenvalue weighted by atomic mass is 10.0. The molecule has 6 heteroatoms. The first-order chi connectivity index (χ1) is 12.1. The molecule has 2 N–H and O–H groups in total. The number of hydrogen-bond donors (Lipinski definition) is 2. The summed E-state index contributed by atoms with van der Waals surface area (Å²) in [5.74, 6) is 0.638. The number of ether oxygens (including phenoxy) is 1. The maximum absolute atomic E-state index is 11.1. The van der Waals surface area contributed by atoms with E-state index in [4.69, 9.17) is 4.74 Å². The van der Waals surface area contributed by atoms with Crippen molar-refractivity contribution in [1.29, 1.82) is 0 Å². The van der Waals surface area contributed by atoms with E-state index in [-0.39, 0.29) is 11.9 Å². The molecule has 0 spiro atoms. The van der Waals surface area contributed by atoms with Gasteiger partial charge in [-0.1, -0.05) is 24.3 Å². The van der Waals surface area contributed by atoms with Crippen molar-refractivity contribution in [3.63, 3.8) is 0 Å². The zero-order valence-corrected chi connectivity index (χ0v) is 14.7. The second-order valence-corrected chi connectivity index (χ2v) is 6.50. The van der Waals surface area contributed by atoms with Crippen molar-refractivity contribution < 1.29 is 9.53 Å². The minimum Gasteiger partial charge on any atom is -0.379 e. The molecule has 0 saturated carbocycles. The Morgan fingerprint density at radius 1 is 1.24 bits per heavy atom. The highest BCUT2D eigenvalue weighted by Crippen LogP contribution is 2.20. The summed E-state index contributed by atoms with van der Waals surface area (Å²) in [5.41, 5.74) is 3.24. The van der Waals surface area contributed by atoms with Crippen LogP contribution in [0.4, 0.5) is 5.95 Å². The molecule has 2 heterocycles. The first kappa shape index (κ1) is 17.4. The summed E-state index contributed by atoms with van der Waals surface area (Å²) in [6, 6.07) is 8.71. The van der Waals surface area contributed by atoms with Crippen LogP contribution in [0, 0.1) is 0 Å². The third-order valence-electron chi connectivity index (χ3n) is 4.19. The van der Waals surface area contributed by atoms with E-state index in [1.807, 2.05) is 19.3 Å². The number of hydrogen-bond acceptors (Lipinski definition) is 5. The summed E-state index contributed by atoms with van der Waals surface area (Å²) >= 11 is 0. The third-order valence-corrected chi connectivity index (χ3v) is 4.19. The van der Waals surface area contributed by atoms with Gasteiger partial charge in [-0.3, -0.25) is 4.79 Å². The quantitative estimate of drug-likeness (QED) is 0.844. The van der Waals surface area contributed by atoms with Crippen LogP contribution < -0.4 is 10.6 Å². The molecule has 2 aromatic rings. The van der Waals surface area contributed by atoms with Gasteiger partial charge in [0.2, 0.25) is 11.9 Å². The minimum absolute atomic E-state index is 0.000801. The molecule has 1 aromatic heterocycles. The summed E-state index contributed by atoms with van der Waals surface area (Å²) < 4.78 is 5.34. The predicted octanol–water partition coefficient (Wildman–Crippen LogP) is 2.41. The number of carbonyl (C=O) groups is 1. The van der Waals surface area contributed by atoms with E-state index in [1.165, 1.54) is 12.5 Å². The molecule has 1 aliphatic heterocycles. The van der Waals surface area contributed by atoms with Gasteiger partial charge in [0, 0.05) is 37.5 Å². The summed E-state index contributed by atoms with van der Waals surface area (Å²) in [6.07, 6.45) is 5.46. The van der Waals surface area contributed by atoms with Gasteiger partial charge in [0.25, 0.3) is 0 Å².